The first-order valence-corrected chi connectivity index (χ1v) is 12.6. The van der Waals surface area contributed by atoms with Crippen molar-refractivity contribution in [1.82, 2.24) is 9.13 Å². The SMILES string of the molecule is Cc1c(CCC(C)C)n(Cc2cccc(-c3ccccc3)c2C(=O)O)c(=O)n1CCc1ccccc1. The van der Waals surface area contributed by atoms with Crippen LogP contribution in [0.2, 0.25) is 0 Å². The van der Waals surface area contributed by atoms with Crippen LogP contribution in [0.1, 0.15) is 53.1 Å². The lowest BCUT2D eigenvalue weighted by Gasteiger charge is -2.14. The Morgan fingerprint density at radius 3 is 2.17 bits per heavy atom. The first-order chi connectivity index (χ1) is 17.4. The van der Waals surface area contributed by atoms with Gasteiger partial charge in [0.25, 0.3) is 0 Å². The highest BCUT2D eigenvalue weighted by atomic mass is 16.4. The molecule has 1 aromatic heterocycles. The van der Waals surface area contributed by atoms with Crippen molar-refractivity contribution in [3.8, 4) is 11.1 Å². The molecule has 0 fully saturated rings. The molecule has 0 spiro atoms. The van der Waals surface area contributed by atoms with Crippen molar-refractivity contribution >= 4 is 5.97 Å². The number of carbonyl (C=O) groups is 1. The molecule has 0 bridgehead atoms. The van der Waals surface area contributed by atoms with Crippen molar-refractivity contribution in [1.29, 1.82) is 0 Å². The van der Waals surface area contributed by atoms with Crippen LogP contribution in [-0.4, -0.2) is 20.2 Å². The summed E-state index contributed by atoms with van der Waals surface area (Å²) in [5.74, 6) is -0.488. The van der Waals surface area contributed by atoms with Crippen LogP contribution in [0.15, 0.2) is 83.7 Å². The van der Waals surface area contributed by atoms with Gasteiger partial charge in [0.2, 0.25) is 0 Å². The molecule has 0 aliphatic rings. The maximum atomic E-state index is 13.7. The molecular formula is C31H34N2O3. The molecule has 0 atom stereocenters. The van der Waals surface area contributed by atoms with E-state index in [2.05, 4.69) is 26.0 Å². The minimum absolute atomic E-state index is 0.0800. The van der Waals surface area contributed by atoms with Gasteiger partial charge >= 0.3 is 11.7 Å². The van der Waals surface area contributed by atoms with E-state index in [1.54, 1.807) is 4.57 Å². The quantitative estimate of drug-likeness (QED) is 0.293. The summed E-state index contributed by atoms with van der Waals surface area (Å²) < 4.78 is 3.64. The molecule has 0 aliphatic heterocycles. The van der Waals surface area contributed by atoms with Gasteiger partial charge in [0.15, 0.2) is 0 Å². The summed E-state index contributed by atoms with van der Waals surface area (Å²) in [7, 11) is 0. The van der Waals surface area contributed by atoms with Gasteiger partial charge in [-0.1, -0.05) is 92.7 Å². The van der Waals surface area contributed by atoms with Crippen molar-refractivity contribution in [3.05, 3.63) is 117 Å². The van der Waals surface area contributed by atoms with Crippen molar-refractivity contribution in [2.75, 3.05) is 0 Å². The average Bonchev–Trinajstić information content (AvgIpc) is 3.10. The van der Waals surface area contributed by atoms with Crippen molar-refractivity contribution in [3.63, 3.8) is 0 Å². The van der Waals surface area contributed by atoms with Gasteiger partial charge in [0.1, 0.15) is 0 Å². The van der Waals surface area contributed by atoms with Crippen LogP contribution in [0.3, 0.4) is 0 Å². The largest absolute Gasteiger partial charge is 0.478 e. The van der Waals surface area contributed by atoms with Gasteiger partial charge in [0.05, 0.1) is 12.1 Å². The number of carboxylic acid groups (broad SMARTS) is 1. The van der Waals surface area contributed by atoms with E-state index in [1.807, 2.05) is 78.2 Å². The zero-order valence-corrected chi connectivity index (χ0v) is 21.3. The van der Waals surface area contributed by atoms with E-state index in [1.165, 1.54) is 5.56 Å². The number of hydrogen-bond donors (Lipinski definition) is 1. The van der Waals surface area contributed by atoms with Crippen LogP contribution in [0.4, 0.5) is 0 Å². The predicted octanol–water partition coefficient (Wildman–Crippen LogP) is 6.20. The number of rotatable bonds is 10. The summed E-state index contributed by atoms with van der Waals surface area (Å²) in [5.41, 5.74) is 5.46. The number of carboxylic acids is 1. The fraction of sp³-hybridized carbons (Fsp3) is 0.290. The lowest BCUT2D eigenvalue weighted by atomic mass is 9.95. The lowest BCUT2D eigenvalue weighted by molar-refractivity contribution is 0.0696. The zero-order chi connectivity index (χ0) is 25.7. The van der Waals surface area contributed by atoms with E-state index < -0.39 is 5.97 Å². The highest BCUT2D eigenvalue weighted by molar-refractivity contribution is 5.97. The topological polar surface area (TPSA) is 64.2 Å². The van der Waals surface area contributed by atoms with Crippen LogP contribution >= 0.6 is 0 Å². The Morgan fingerprint density at radius 2 is 1.53 bits per heavy atom. The Balaban J connectivity index is 1.76. The summed E-state index contributed by atoms with van der Waals surface area (Å²) in [5, 5.41) is 10.2. The first kappa shape index (κ1) is 25.2. The Morgan fingerprint density at radius 1 is 0.861 bits per heavy atom. The van der Waals surface area contributed by atoms with Gasteiger partial charge in [-0.25, -0.2) is 9.59 Å². The summed E-state index contributed by atoms with van der Waals surface area (Å²) >= 11 is 0. The minimum atomic E-state index is -0.985. The van der Waals surface area contributed by atoms with Gasteiger partial charge < -0.3 is 5.11 Å². The highest BCUT2D eigenvalue weighted by Gasteiger charge is 2.21. The van der Waals surface area contributed by atoms with Crippen LogP contribution in [0.25, 0.3) is 11.1 Å². The maximum absolute atomic E-state index is 13.7. The number of aromatic nitrogens is 2. The Bertz CT molecular complexity index is 1380. The monoisotopic (exact) mass is 482 g/mol. The van der Waals surface area contributed by atoms with Gasteiger partial charge in [-0.15, -0.1) is 0 Å². The van der Waals surface area contributed by atoms with Gasteiger partial charge in [-0.3, -0.25) is 9.13 Å². The fourth-order valence-electron chi connectivity index (χ4n) is 4.82. The molecule has 186 valence electrons. The Labute approximate surface area is 212 Å². The number of nitrogens with zero attached hydrogens (tertiary/aromatic N) is 2. The molecule has 3 aromatic carbocycles. The van der Waals surface area contributed by atoms with Crippen molar-refractivity contribution in [2.45, 2.75) is 53.1 Å². The zero-order valence-electron chi connectivity index (χ0n) is 21.3. The third-order valence-corrected chi connectivity index (χ3v) is 6.81. The highest BCUT2D eigenvalue weighted by Crippen LogP contribution is 2.27. The Kier molecular flexibility index (Phi) is 7.89. The molecule has 36 heavy (non-hydrogen) atoms. The van der Waals surface area contributed by atoms with Crippen LogP contribution in [-0.2, 0) is 25.9 Å². The second kappa shape index (κ2) is 11.3. The van der Waals surface area contributed by atoms with Crippen LogP contribution < -0.4 is 5.69 Å². The predicted molar refractivity (Wildman–Crippen MR) is 145 cm³/mol. The fourth-order valence-corrected chi connectivity index (χ4v) is 4.82. The van der Waals surface area contributed by atoms with E-state index in [-0.39, 0.29) is 17.8 Å². The molecule has 0 amide bonds. The molecule has 4 aromatic rings. The van der Waals surface area contributed by atoms with E-state index in [0.717, 1.165) is 36.2 Å². The molecule has 1 heterocycles. The van der Waals surface area contributed by atoms with Gasteiger partial charge in [-0.05, 0) is 54.4 Å². The number of aromatic carboxylic acids is 1. The number of imidazole rings is 1. The third-order valence-electron chi connectivity index (χ3n) is 6.81. The standard InChI is InChI=1S/C31H34N2O3/c1-22(2)17-18-28-23(3)32(20-19-24-11-6-4-7-12-24)31(36)33(28)21-26-15-10-16-27(29(26)30(34)35)25-13-8-5-9-14-25/h4-16,22H,17-21H2,1-3H3,(H,34,35). The maximum Gasteiger partial charge on any atom is 0.336 e. The van der Waals surface area contributed by atoms with Gasteiger partial charge in [0, 0.05) is 17.9 Å². The molecular weight excluding hydrogens is 448 g/mol. The molecule has 4 rings (SSSR count). The van der Waals surface area contributed by atoms with Crippen LogP contribution in [0, 0.1) is 12.8 Å². The van der Waals surface area contributed by atoms with E-state index in [9.17, 15) is 14.7 Å². The second-order valence-corrected chi connectivity index (χ2v) is 9.73. The van der Waals surface area contributed by atoms with E-state index >= 15 is 0 Å². The van der Waals surface area contributed by atoms with Crippen molar-refractivity contribution < 1.29 is 9.90 Å². The van der Waals surface area contributed by atoms with Gasteiger partial charge in [-0.2, -0.15) is 0 Å². The summed E-state index contributed by atoms with van der Waals surface area (Å²) in [6.07, 6.45) is 2.50. The second-order valence-electron chi connectivity index (χ2n) is 9.73. The minimum Gasteiger partial charge on any atom is -0.478 e. The van der Waals surface area contributed by atoms with Crippen LogP contribution in [0.5, 0.6) is 0 Å². The summed E-state index contributed by atoms with van der Waals surface area (Å²) in [4.78, 5) is 26.1. The molecule has 0 radical (unpaired) electrons. The number of hydrogen-bond acceptors (Lipinski definition) is 2. The molecule has 0 saturated carbocycles. The normalized spacial score (nSPS) is 11.2. The molecule has 5 nitrogen and oxygen atoms in total. The molecule has 0 unspecified atom stereocenters. The van der Waals surface area contributed by atoms with E-state index in [4.69, 9.17) is 0 Å². The molecule has 1 N–H and O–H groups in total. The van der Waals surface area contributed by atoms with Crippen molar-refractivity contribution in [2.24, 2.45) is 5.92 Å². The third kappa shape index (κ3) is 5.51. The number of aryl methyl sites for hydroxylation is 1. The summed E-state index contributed by atoms with van der Waals surface area (Å²) in [6.45, 7) is 7.18. The number of benzene rings is 3. The molecule has 0 aliphatic carbocycles. The molecule has 5 heteroatoms. The first-order valence-electron chi connectivity index (χ1n) is 12.6. The molecule has 0 saturated heterocycles. The Hall–Kier alpha value is -3.86. The smallest absolute Gasteiger partial charge is 0.336 e. The average molecular weight is 483 g/mol. The lowest BCUT2D eigenvalue weighted by Crippen LogP contribution is -2.27. The van der Waals surface area contributed by atoms with E-state index in [0.29, 0.717) is 23.6 Å². The summed E-state index contributed by atoms with van der Waals surface area (Å²) in [6, 6.07) is 25.2.